The Morgan fingerprint density at radius 3 is 1.66 bits per heavy atom. The van der Waals surface area contributed by atoms with Crippen molar-refractivity contribution in [3.8, 4) is 67.3 Å². The number of hydrogen-bond donors (Lipinski definition) is 0. The van der Waals surface area contributed by atoms with Gasteiger partial charge in [-0.1, -0.05) is 146 Å². The number of nitrogens with zero attached hydrogens (tertiary/aromatic N) is 2. The van der Waals surface area contributed by atoms with E-state index in [9.17, 15) is 0 Å². The minimum Gasteiger partial charge on any atom is -0.228 e. The van der Waals surface area contributed by atoms with E-state index in [0.717, 1.165) is 57.6 Å². The number of aromatic nitrogens is 2. The van der Waals surface area contributed by atoms with Gasteiger partial charge in [-0.05, 0) is 135 Å². The predicted molar refractivity (Wildman–Crippen MR) is 230 cm³/mol. The molecule has 4 bridgehead atoms. The van der Waals surface area contributed by atoms with E-state index in [2.05, 4.69) is 164 Å². The average Bonchev–Trinajstić information content (AvgIpc) is 3.54. The largest absolute Gasteiger partial charge is 0.228 e. The van der Waals surface area contributed by atoms with Gasteiger partial charge in [0.25, 0.3) is 0 Å². The monoisotopic (exact) mass is 718 g/mol. The quantitative estimate of drug-likeness (QED) is 0.177. The Hall–Kier alpha value is -6.12. The maximum atomic E-state index is 5.19. The summed E-state index contributed by atoms with van der Waals surface area (Å²) in [7, 11) is 0. The second-order valence-corrected chi connectivity index (χ2v) is 17.0. The topological polar surface area (TPSA) is 25.8 Å². The molecule has 0 amide bonds. The smallest absolute Gasteiger partial charge is 0.160 e. The number of hydrogen-bond acceptors (Lipinski definition) is 2. The third-order valence-corrected chi connectivity index (χ3v) is 14.1. The highest BCUT2D eigenvalue weighted by molar-refractivity contribution is 5.99. The molecule has 0 unspecified atom stereocenters. The molecule has 1 spiro atoms. The van der Waals surface area contributed by atoms with E-state index in [1.165, 1.54) is 76.3 Å². The van der Waals surface area contributed by atoms with Crippen LogP contribution in [0, 0.1) is 23.7 Å². The van der Waals surface area contributed by atoms with Crippen molar-refractivity contribution in [3.05, 3.63) is 181 Å². The first-order valence-electron chi connectivity index (χ1n) is 20.6. The summed E-state index contributed by atoms with van der Waals surface area (Å²) in [6, 6.07) is 62.4. The molecule has 0 saturated heterocycles. The lowest BCUT2D eigenvalue weighted by molar-refractivity contribution is -0.0398. The molecule has 4 saturated carbocycles. The molecule has 0 aliphatic heterocycles. The first kappa shape index (κ1) is 32.2. The average molecular weight is 719 g/mol. The van der Waals surface area contributed by atoms with Crippen LogP contribution in [0.5, 0.6) is 0 Å². The van der Waals surface area contributed by atoms with Gasteiger partial charge in [0.1, 0.15) is 0 Å². The molecular weight excluding hydrogens is 677 g/mol. The van der Waals surface area contributed by atoms with Crippen LogP contribution < -0.4 is 0 Å². The van der Waals surface area contributed by atoms with Crippen LogP contribution in [0.25, 0.3) is 78.1 Å². The van der Waals surface area contributed by atoms with E-state index in [-0.39, 0.29) is 5.41 Å². The lowest BCUT2D eigenvalue weighted by Crippen LogP contribution is -2.55. The Labute approximate surface area is 329 Å². The molecule has 5 aliphatic carbocycles. The molecule has 8 aromatic rings. The third kappa shape index (κ3) is 4.88. The fraction of sp³-hybridized carbons (Fsp3) is 0.185. The van der Waals surface area contributed by atoms with Crippen molar-refractivity contribution in [2.24, 2.45) is 23.7 Å². The third-order valence-electron chi connectivity index (χ3n) is 14.1. The highest BCUT2D eigenvalue weighted by Gasteiger charge is 2.61. The summed E-state index contributed by atoms with van der Waals surface area (Å²) in [4.78, 5) is 10.3. The van der Waals surface area contributed by atoms with Gasteiger partial charge in [-0.2, -0.15) is 0 Å². The first-order chi connectivity index (χ1) is 27.7. The van der Waals surface area contributed by atoms with Crippen LogP contribution in [0.15, 0.2) is 170 Å². The minimum absolute atomic E-state index is 0.126. The number of fused-ring (bicyclic) bond motifs is 4. The Bertz CT molecular complexity index is 2770. The van der Waals surface area contributed by atoms with Crippen LogP contribution in [-0.4, -0.2) is 9.97 Å². The van der Waals surface area contributed by atoms with Crippen molar-refractivity contribution in [3.63, 3.8) is 0 Å². The molecule has 4 fully saturated rings. The molecule has 7 aromatic carbocycles. The van der Waals surface area contributed by atoms with Crippen molar-refractivity contribution in [1.29, 1.82) is 0 Å². The molecule has 268 valence electrons. The van der Waals surface area contributed by atoms with Crippen molar-refractivity contribution in [1.82, 2.24) is 9.97 Å². The normalized spacial score (nSPS) is 22.7. The first-order valence-corrected chi connectivity index (χ1v) is 20.6. The predicted octanol–water partition coefficient (Wildman–Crippen LogP) is 13.7. The van der Waals surface area contributed by atoms with Gasteiger partial charge in [0.05, 0.1) is 11.4 Å². The molecule has 0 radical (unpaired) electrons. The Morgan fingerprint density at radius 1 is 0.375 bits per heavy atom. The van der Waals surface area contributed by atoms with Crippen molar-refractivity contribution < 1.29 is 0 Å². The molecule has 0 N–H and O–H groups in total. The minimum atomic E-state index is 0.126. The Kier molecular flexibility index (Phi) is 7.15. The number of benzene rings is 7. The van der Waals surface area contributed by atoms with Crippen LogP contribution in [-0.2, 0) is 5.41 Å². The zero-order valence-corrected chi connectivity index (χ0v) is 31.4. The van der Waals surface area contributed by atoms with Gasteiger partial charge in [0.15, 0.2) is 5.82 Å². The highest BCUT2D eigenvalue weighted by atomic mass is 14.9. The zero-order valence-electron chi connectivity index (χ0n) is 31.4. The summed E-state index contributed by atoms with van der Waals surface area (Å²) in [6.07, 6.45) is 7.02. The second kappa shape index (κ2) is 12.4. The molecule has 2 nitrogen and oxygen atoms in total. The molecule has 1 aromatic heterocycles. The standard InChI is InChI=1S/C54H42N2/c1-3-11-36(12-4-1)40-17-9-18-43(30-40)51-33-50(55-53(56-51)39-13-5-2-6-14-39)38-23-21-37(22-24-38)46-19-10-20-48-52(46)47-31-41-15-7-8-16-42(41)32-49(47)54(48)44-26-34-25-35(28-44)29-45(54)27-34/h1-24,30-35,44-45H,25-29H2. The van der Waals surface area contributed by atoms with Crippen molar-refractivity contribution >= 4 is 10.8 Å². The zero-order chi connectivity index (χ0) is 36.8. The molecule has 13 rings (SSSR count). The molecule has 2 heteroatoms. The maximum Gasteiger partial charge on any atom is 0.160 e. The fourth-order valence-electron chi connectivity index (χ4n) is 11.9. The summed E-state index contributed by atoms with van der Waals surface area (Å²) in [6.45, 7) is 0. The van der Waals surface area contributed by atoms with Crippen LogP contribution in [0.1, 0.15) is 43.2 Å². The SMILES string of the molecule is c1ccc(-c2cccc(-c3cc(-c4ccc(-c5cccc6c5-c5cc7ccccc7cc5C65C6CC7CC(C6)CC5C7)cc4)nc(-c4ccccc4)n3)c2)cc1. The number of rotatable bonds is 5. The van der Waals surface area contributed by atoms with Crippen LogP contribution in [0.3, 0.4) is 0 Å². The van der Waals surface area contributed by atoms with Gasteiger partial charge < -0.3 is 0 Å². The van der Waals surface area contributed by atoms with Gasteiger partial charge in [0, 0.05) is 22.1 Å². The molecule has 1 heterocycles. The van der Waals surface area contributed by atoms with E-state index < -0.39 is 0 Å². The van der Waals surface area contributed by atoms with Crippen LogP contribution in [0.4, 0.5) is 0 Å². The van der Waals surface area contributed by atoms with Gasteiger partial charge in [-0.15, -0.1) is 0 Å². The highest BCUT2D eigenvalue weighted by Crippen LogP contribution is 2.70. The van der Waals surface area contributed by atoms with E-state index in [1.54, 1.807) is 11.1 Å². The molecular formula is C54H42N2. The van der Waals surface area contributed by atoms with Gasteiger partial charge in [0.2, 0.25) is 0 Å². The summed E-state index contributed by atoms with van der Waals surface area (Å²) < 4.78 is 0. The fourth-order valence-corrected chi connectivity index (χ4v) is 11.9. The summed E-state index contributed by atoms with van der Waals surface area (Å²) in [5, 5.41) is 2.72. The van der Waals surface area contributed by atoms with Gasteiger partial charge in [-0.3, -0.25) is 0 Å². The summed E-state index contributed by atoms with van der Waals surface area (Å²) in [5.41, 5.74) is 16.3. The van der Waals surface area contributed by atoms with E-state index in [0.29, 0.717) is 0 Å². The lowest BCUT2D eigenvalue weighted by atomic mass is 9.43. The van der Waals surface area contributed by atoms with Crippen molar-refractivity contribution in [2.75, 3.05) is 0 Å². The summed E-state index contributed by atoms with van der Waals surface area (Å²) in [5.74, 6) is 4.04. The maximum absolute atomic E-state index is 5.19. The second-order valence-electron chi connectivity index (χ2n) is 17.0. The van der Waals surface area contributed by atoms with E-state index in [4.69, 9.17) is 9.97 Å². The van der Waals surface area contributed by atoms with Crippen molar-refractivity contribution in [2.45, 2.75) is 37.5 Å². The van der Waals surface area contributed by atoms with Gasteiger partial charge >= 0.3 is 0 Å². The Morgan fingerprint density at radius 2 is 0.946 bits per heavy atom. The molecule has 5 aliphatic rings. The van der Waals surface area contributed by atoms with Crippen LogP contribution in [0.2, 0.25) is 0 Å². The van der Waals surface area contributed by atoms with Gasteiger partial charge in [-0.25, -0.2) is 9.97 Å². The lowest BCUT2D eigenvalue weighted by Gasteiger charge is -2.61. The Balaban J connectivity index is 0.985. The van der Waals surface area contributed by atoms with Crippen LogP contribution >= 0.6 is 0 Å². The summed E-state index contributed by atoms with van der Waals surface area (Å²) >= 11 is 0. The molecule has 0 atom stereocenters. The van der Waals surface area contributed by atoms with E-state index in [1.807, 2.05) is 6.07 Å². The molecule has 56 heavy (non-hydrogen) atoms. The van der Waals surface area contributed by atoms with E-state index >= 15 is 0 Å².